The minimum absolute atomic E-state index is 0.0134. The van der Waals surface area contributed by atoms with Gasteiger partial charge in [-0.2, -0.15) is 0 Å². The van der Waals surface area contributed by atoms with Crippen LogP contribution in [0.25, 0.3) is 44.5 Å². The van der Waals surface area contributed by atoms with E-state index in [1.165, 1.54) is 37.6 Å². The Balaban J connectivity index is 1.71. The first-order valence-electron chi connectivity index (χ1n) is 13.6. The lowest BCUT2D eigenvalue weighted by Gasteiger charge is -2.16. The molecule has 1 N–H and O–H groups in total. The molecule has 0 aliphatic carbocycles. The number of halogens is 4. The average Bonchev–Trinajstić information content (AvgIpc) is 3.39. The van der Waals surface area contributed by atoms with Crippen LogP contribution in [0.3, 0.4) is 0 Å². The lowest BCUT2D eigenvalue weighted by molar-refractivity contribution is 0.0697. The maximum Gasteiger partial charge on any atom is 0.335 e. The van der Waals surface area contributed by atoms with Gasteiger partial charge in [-0.15, -0.1) is 0 Å². The van der Waals surface area contributed by atoms with E-state index in [1.807, 2.05) is 0 Å². The van der Waals surface area contributed by atoms with Gasteiger partial charge in [-0.25, -0.2) is 30.4 Å². The number of hydrogen-bond donors (Lipinski definition) is 1. The van der Waals surface area contributed by atoms with Crippen molar-refractivity contribution in [3.63, 3.8) is 0 Å². The summed E-state index contributed by atoms with van der Waals surface area (Å²) in [6.45, 7) is 0. The normalized spacial score (nSPS) is 11.7. The Labute approximate surface area is 266 Å². The summed E-state index contributed by atoms with van der Waals surface area (Å²) in [4.78, 5) is 15.7. The molecule has 0 aliphatic heterocycles. The van der Waals surface area contributed by atoms with Crippen molar-refractivity contribution in [2.75, 3.05) is 7.11 Å². The lowest BCUT2D eigenvalue weighted by atomic mass is 9.97. The van der Waals surface area contributed by atoms with Crippen LogP contribution in [0.15, 0.2) is 108 Å². The number of carbonyl (C=O) groups is 1. The van der Waals surface area contributed by atoms with Crippen LogP contribution in [0, 0.1) is 5.82 Å². The molecule has 0 aliphatic rings. The monoisotopic (exact) mass is 662 g/mol. The van der Waals surface area contributed by atoms with E-state index < -0.39 is 28.2 Å². The highest BCUT2D eigenvalue weighted by atomic mass is 35.5. The van der Waals surface area contributed by atoms with Gasteiger partial charge in [0.2, 0.25) is 0 Å². The summed E-state index contributed by atoms with van der Waals surface area (Å²) >= 11 is 6.49. The number of hydrogen-bond acceptors (Lipinski definition) is 5. The van der Waals surface area contributed by atoms with E-state index in [-0.39, 0.29) is 54.6 Å². The fraction of sp³-hybridized carbons (Fsp3) is 0.0588. The Hall–Kier alpha value is -5.13. The molecule has 0 amide bonds. The first-order chi connectivity index (χ1) is 22.0. The molecule has 0 radical (unpaired) electrons. The van der Waals surface area contributed by atoms with Gasteiger partial charge in [0.15, 0.2) is 0 Å². The summed E-state index contributed by atoms with van der Waals surface area (Å²) in [5.41, 5.74) is 1.65. The molecule has 2 heterocycles. The second kappa shape index (κ2) is 12.0. The Bertz CT molecular complexity index is 2250. The van der Waals surface area contributed by atoms with Crippen LogP contribution in [-0.2, 0) is 10.0 Å². The number of ether oxygens (including phenoxy) is 1. The van der Waals surface area contributed by atoms with Crippen LogP contribution in [0.2, 0.25) is 5.02 Å². The van der Waals surface area contributed by atoms with Crippen molar-refractivity contribution in [1.29, 1.82) is 0 Å². The molecule has 2 aromatic heterocycles. The largest absolute Gasteiger partial charge is 0.494 e. The van der Waals surface area contributed by atoms with Crippen molar-refractivity contribution in [2.24, 2.45) is 0 Å². The molecular formula is C34H22ClF3N2O5S. The molecule has 6 aromatic rings. The fourth-order valence-electron chi connectivity index (χ4n) is 5.34. The molecule has 4 aromatic carbocycles. The Morgan fingerprint density at radius 1 is 0.935 bits per heavy atom. The van der Waals surface area contributed by atoms with E-state index in [1.54, 1.807) is 42.5 Å². The van der Waals surface area contributed by atoms with E-state index in [0.717, 1.165) is 34.3 Å². The molecule has 7 nitrogen and oxygen atoms in total. The molecule has 0 saturated heterocycles. The molecule has 6 rings (SSSR count). The number of rotatable bonds is 8. The predicted octanol–water partition coefficient (Wildman–Crippen LogP) is 8.71. The zero-order valence-corrected chi connectivity index (χ0v) is 25.4. The molecule has 232 valence electrons. The van der Waals surface area contributed by atoms with E-state index >= 15 is 0 Å². The third-order valence-electron chi connectivity index (χ3n) is 7.45. The maximum absolute atomic E-state index is 14.9. The molecule has 0 unspecified atom stereocenters. The summed E-state index contributed by atoms with van der Waals surface area (Å²) in [7, 11) is -3.10. The van der Waals surface area contributed by atoms with Crippen LogP contribution in [0.1, 0.15) is 22.3 Å². The summed E-state index contributed by atoms with van der Waals surface area (Å²) in [5, 5.41) is 9.73. The molecule has 12 heteroatoms. The van der Waals surface area contributed by atoms with Crippen LogP contribution in [-0.4, -0.2) is 35.6 Å². The van der Waals surface area contributed by atoms with E-state index in [4.69, 9.17) is 16.3 Å². The number of methoxy groups -OCH3 is 1. The molecule has 0 saturated carbocycles. The van der Waals surface area contributed by atoms with Crippen molar-refractivity contribution in [1.82, 2.24) is 8.96 Å². The molecule has 46 heavy (non-hydrogen) atoms. The van der Waals surface area contributed by atoms with Gasteiger partial charge in [0.25, 0.3) is 16.4 Å². The average molecular weight is 663 g/mol. The first kappa shape index (κ1) is 30.9. The summed E-state index contributed by atoms with van der Waals surface area (Å²) < 4.78 is 77.1. The maximum atomic E-state index is 14.9. The van der Waals surface area contributed by atoms with Crippen molar-refractivity contribution < 1.29 is 36.2 Å². The number of nitrogens with zero attached hydrogens (tertiary/aromatic N) is 2. The second-order valence-corrected chi connectivity index (χ2v) is 12.4. The predicted molar refractivity (Wildman–Crippen MR) is 169 cm³/mol. The third-order valence-corrected chi connectivity index (χ3v) is 9.49. The van der Waals surface area contributed by atoms with Gasteiger partial charge in [-0.3, -0.25) is 4.98 Å². The Morgan fingerprint density at radius 3 is 2.35 bits per heavy atom. The van der Waals surface area contributed by atoms with Crippen molar-refractivity contribution >= 4 is 38.5 Å². The van der Waals surface area contributed by atoms with Gasteiger partial charge in [-0.05, 0) is 66.2 Å². The highest BCUT2D eigenvalue weighted by molar-refractivity contribution is 7.90. The highest BCUT2D eigenvalue weighted by Gasteiger charge is 2.31. The lowest BCUT2D eigenvalue weighted by Crippen LogP contribution is -2.14. The SMILES string of the molecule is COc1cccnc1-c1c(-c2cccc(-c3ccc(C(=O)O)cc3Cl)c2)n(S(=O)(=O)c2ccc(C(F)F)cc2)c2ccc(F)cc12. The van der Waals surface area contributed by atoms with E-state index in [0.29, 0.717) is 16.7 Å². The van der Waals surface area contributed by atoms with Crippen LogP contribution < -0.4 is 4.74 Å². The molecule has 0 fully saturated rings. The van der Waals surface area contributed by atoms with Crippen molar-refractivity contribution in [3.05, 3.63) is 125 Å². The number of alkyl halides is 2. The van der Waals surface area contributed by atoms with Gasteiger partial charge in [0, 0.05) is 38.9 Å². The molecular weight excluding hydrogens is 641 g/mol. The van der Waals surface area contributed by atoms with Gasteiger partial charge in [0.1, 0.15) is 17.3 Å². The number of carboxylic acid groups (broad SMARTS) is 1. The zero-order chi connectivity index (χ0) is 32.7. The molecule has 0 bridgehead atoms. The second-order valence-electron chi connectivity index (χ2n) is 10.2. The minimum Gasteiger partial charge on any atom is -0.494 e. The van der Waals surface area contributed by atoms with Gasteiger partial charge >= 0.3 is 5.97 Å². The Kier molecular flexibility index (Phi) is 8.05. The number of fused-ring (bicyclic) bond motifs is 1. The highest BCUT2D eigenvalue weighted by Crippen LogP contribution is 2.46. The van der Waals surface area contributed by atoms with E-state index in [9.17, 15) is 31.5 Å². The Morgan fingerprint density at radius 2 is 1.67 bits per heavy atom. The smallest absolute Gasteiger partial charge is 0.335 e. The fourth-order valence-corrected chi connectivity index (χ4v) is 7.17. The van der Waals surface area contributed by atoms with Gasteiger partial charge in [-0.1, -0.05) is 48.0 Å². The van der Waals surface area contributed by atoms with Crippen molar-refractivity contribution in [3.8, 4) is 39.4 Å². The van der Waals surface area contributed by atoms with Crippen molar-refractivity contribution in [2.45, 2.75) is 11.3 Å². The van der Waals surface area contributed by atoms with Crippen LogP contribution in [0.4, 0.5) is 13.2 Å². The van der Waals surface area contributed by atoms with Crippen LogP contribution in [0.5, 0.6) is 5.75 Å². The zero-order valence-electron chi connectivity index (χ0n) is 23.8. The summed E-state index contributed by atoms with van der Waals surface area (Å²) in [5.74, 6) is -1.50. The topological polar surface area (TPSA) is 98.5 Å². The standard InChI is InChI=1S/C34H22ClF3N2O5S/c1-45-29-6-3-15-39-31(29)30-26-18-23(36)10-14-28(26)40(46(43,44)24-11-7-19(8-12-24)33(37)38)32(30)21-5-2-4-20(16-21)25-13-9-22(34(41)42)17-27(25)35/h2-18,33H,1H3,(H,41,42). The third kappa shape index (κ3) is 5.37. The number of aromatic carboxylic acids is 1. The van der Waals surface area contributed by atoms with Crippen LogP contribution >= 0.6 is 11.6 Å². The molecule has 0 atom stereocenters. The quantitative estimate of drug-likeness (QED) is 0.175. The number of carboxylic acids is 1. The minimum atomic E-state index is -4.52. The van der Waals surface area contributed by atoms with Gasteiger partial charge in [0.05, 0.1) is 28.8 Å². The number of pyridine rings is 1. The first-order valence-corrected chi connectivity index (χ1v) is 15.4. The molecule has 0 spiro atoms. The summed E-state index contributed by atoms with van der Waals surface area (Å²) in [6.07, 6.45) is -1.31. The van der Waals surface area contributed by atoms with E-state index in [2.05, 4.69) is 4.98 Å². The summed E-state index contributed by atoms with van der Waals surface area (Å²) in [6, 6.07) is 22.1. The van der Waals surface area contributed by atoms with Gasteiger partial charge < -0.3 is 9.84 Å². The number of benzene rings is 4. The number of aromatic nitrogens is 2.